The van der Waals surface area contributed by atoms with E-state index < -0.39 is 0 Å². The third kappa shape index (κ3) is 1.80. The molecule has 0 spiro atoms. The molecule has 4 nitrogen and oxygen atoms in total. The van der Waals surface area contributed by atoms with Crippen molar-refractivity contribution in [3.8, 4) is 0 Å². The van der Waals surface area contributed by atoms with Crippen LogP contribution in [0.15, 0.2) is 54.7 Å². The summed E-state index contributed by atoms with van der Waals surface area (Å²) < 4.78 is 1.72. The number of carbonyl (C=O) groups is 1. The molecule has 1 aliphatic rings. The summed E-state index contributed by atoms with van der Waals surface area (Å²) in [7, 11) is 0. The van der Waals surface area contributed by atoms with Gasteiger partial charge in [-0.05, 0) is 19.1 Å². The summed E-state index contributed by atoms with van der Waals surface area (Å²) >= 11 is 0. The number of rotatable bonds is 1. The maximum absolute atomic E-state index is 12.8. The molecule has 0 saturated carbocycles. The highest BCUT2D eigenvalue weighted by Gasteiger charge is 2.40. The lowest BCUT2D eigenvalue weighted by atomic mass is 10.1. The van der Waals surface area contributed by atoms with Crippen LogP contribution < -0.4 is 9.88 Å². The second-order valence-corrected chi connectivity index (χ2v) is 5.29. The van der Waals surface area contributed by atoms with Crippen LogP contribution in [0.1, 0.15) is 22.0 Å². The number of hydrogen-bond donors (Lipinski definition) is 1. The van der Waals surface area contributed by atoms with Crippen molar-refractivity contribution in [2.75, 3.05) is 5.32 Å². The first-order chi connectivity index (χ1) is 10.2. The van der Waals surface area contributed by atoms with E-state index in [4.69, 9.17) is 0 Å². The van der Waals surface area contributed by atoms with Gasteiger partial charge in [0.25, 0.3) is 0 Å². The van der Waals surface area contributed by atoms with E-state index in [1.165, 1.54) is 5.56 Å². The average molecular weight is 276 g/mol. The number of benzene rings is 2. The Bertz CT molecular complexity index is 856. The van der Waals surface area contributed by atoms with Gasteiger partial charge in [0.05, 0.1) is 0 Å². The Kier molecular flexibility index (Phi) is 2.51. The lowest BCUT2D eigenvalue weighted by Gasteiger charge is -2.03. The molecule has 21 heavy (non-hydrogen) atoms. The van der Waals surface area contributed by atoms with E-state index in [-0.39, 0.29) is 11.9 Å². The molecule has 0 aliphatic carbocycles. The van der Waals surface area contributed by atoms with Crippen LogP contribution >= 0.6 is 0 Å². The first-order valence-corrected chi connectivity index (χ1v) is 6.91. The van der Waals surface area contributed by atoms with E-state index >= 15 is 0 Å². The lowest BCUT2D eigenvalue weighted by Crippen LogP contribution is -2.41. The number of nitrogens with zero attached hydrogens (tertiary/aromatic N) is 2. The van der Waals surface area contributed by atoms with Crippen molar-refractivity contribution in [2.45, 2.75) is 13.0 Å². The van der Waals surface area contributed by atoms with Crippen molar-refractivity contribution in [3.05, 3.63) is 65.9 Å². The molecule has 1 aliphatic heterocycles. The van der Waals surface area contributed by atoms with E-state index in [1.807, 2.05) is 55.5 Å². The summed E-state index contributed by atoms with van der Waals surface area (Å²) in [4.78, 5) is 17.2. The van der Waals surface area contributed by atoms with Gasteiger partial charge in [-0.25, -0.2) is 9.78 Å². The van der Waals surface area contributed by atoms with Crippen molar-refractivity contribution in [2.24, 2.45) is 0 Å². The zero-order valence-electron chi connectivity index (χ0n) is 11.6. The van der Waals surface area contributed by atoms with Gasteiger partial charge in [-0.3, -0.25) is 5.32 Å². The van der Waals surface area contributed by atoms with Crippen LogP contribution in [-0.4, -0.2) is 10.9 Å². The number of anilines is 1. The molecule has 2 heterocycles. The van der Waals surface area contributed by atoms with Crippen LogP contribution in [0, 0.1) is 6.92 Å². The molecule has 0 radical (unpaired) electrons. The molecule has 102 valence electrons. The van der Waals surface area contributed by atoms with Gasteiger partial charge in [-0.1, -0.05) is 42.0 Å². The minimum atomic E-state index is -0.349. The topological polar surface area (TPSA) is 45.9 Å². The molecule has 0 amide bonds. The maximum atomic E-state index is 12.8. The molecule has 4 rings (SSSR count). The number of fused-ring (bicyclic) bond motifs is 3. The molecule has 1 unspecified atom stereocenters. The highest BCUT2D eigenvalue weighted by molar-refractivity contribution is 5.87. The van der Waals surface area contributed by atoms with Crippen molar-refractivity contribution >= 4 is 22.8 Å². The van der Waals surface area contributed by atoms with Gasteiger partial charge < -0.3 is 0 Å². The molecule has 0 bridgehead atoms. The zero-order valence-corrected chi connectivity index (χ0v) is 11.6. The van der Waals surface area contributed by atoms with Gasteiger partial charge in [0.1, 0.15) is 11.7 Å². The number of hydrogen-bond acceptors (Lipinski definition) is 3. The summed E-state index contributed by atoms with van der Waals surface area (Å²) in [5.74, 6) is 0.775. The van der Waals surface area contributed by atoms with Gasteiger partial charge in [0.2, 0.25) is 6.04 Å². The third-order valence-corrected chi connectivity index (χ3v) is 3.86. The molecule has 1 aromatic heterocycles. The molecule has 1 atom stereocenters. The fraction of sp³-hybridized carbons (Fsp3) is 0.118. The molecule has 0 fully saturated rings. The van der Waals surface area contributed by atoms with E-state index in [0.29, 0.717) is 0 Å². The van der Waals surface area contributed by atoms with Gasteiger partial charge >= 0.3 is 11.7 Å². The van der Waals surface area contributed by atoms with Gasteiger partial charge in [-0.2, -0.15) is 4.57 Å². The van der Waals surface area contributed by atoms with Gasteiger partial charge in [0.15, 0.2) is 5.52 Å². The van der Waals surface area contributed by atoms with Crippen LogP contribution in [0.5, 0.6) is 0 Å². The Labute approximate surface area is 122 Å². The molecule has 1 N–H and O–H groups in total. The van der Waals surface area contributed by atoms with Crippen molar-refractivity contribution in [3.63, 3.8) is 0 Å². The Balaban J connectivity index is 1.85. The first-order valence-electron chi connectivity index (χ1n) is 6.91. The van der Waals surface area contributed by atoms with E-state index in [2.05, 4.69) is 10.3 Å². The minimum absolute atomic E-state index is 0.0347. The first kappa shape index (κ1) is 12.0. The Morgan fingerprint density at radius 3 is 2.67 bits per heavy atom. The van der Waals surface area contributed by atoms with E-state index in [1.54, 1.807) is 10.8 Å². The fourth-order valence-corrected chi connectivity index (χ4v) is 2.74. The quantitative estimate of drug-likeness (QED) is 0.695. The highest BCUT2D eigenvalue weighted by Crippen LogP contribution is 2.25. The largest absolute Gasteiger partial charge is 0.364 e. The standard InChI is InChI=1S/C17H13N3O/c1-11-6-8-12(9-7-11)16-17(21)20-14-5-3-2-4-13(14)18-10-15(20)19-16/h2-10,16H,1H3/p+1. The third-order valence-electron chi connectivity index (χ3n) is 3.86. The molecule has 4 heteroatoms. The molecule has 3 aromatic rings. The second-order valence-electron chi connectivity index (χ2n) is 5.29. The van der Waals surface area contributed by atoms with Gasteiger partial charge in [-0.15, -0.1) is 0 Å². The number of para-hydroxylation sites is 2. The van der Waals surface area contributed by atoms with Crippen LogP contribution in [0.2, 0.25) is 0 Å². The Hall–Kier alpha value is -2.75. The minimum Gasteiger partial charge on any atom is -0.254 e. The van der Waals surface area contributed by atoms with Crippen LogP contribution in [0.25, 0.3) is 11.0 Å². The normalized spacial score (nSPS) is 16.8. The number of aryl methyl sites for hydroxylation is 1. The molecular weight excluding hydrogens is 262 g/mol. The summed E-state index contributed by atoms with van der Waals surface area (Å²) in [6.07, 6.45) is 1.72. The number of nitrogens with one attached hydrogen (secondary N) is 1. The second kappa shape index (κ2) is 4.38. The van der Waals surface area contributed by atoms with E-state index in [0.717, 1.165) is 22.4 Å². The smallest absolute Gasteiger partial charge is 0.254 e. The predicted molar refractivity (Wildman–Crippen MR) is 80.1 cm³/mol. The average Bonchev–Trinajstić information content (AvgIpc) is 2.86. The monoisotopic (exact) mass is 276 g/mol. The van der Waals surface area contributed by atoms with Crippen molar-refractivity contribution in [1.82, 2.24) is 4.98 Å². The summed E-state index contributed by atoms with van der Waals surface area (Å²) in [5, 5.41) is 3.26. The maximum Gasteiger partial charge on any atom is 0.364 e. The van der Waals surface area contributed by atoms with Gasteiger partial charge in [0, 0.05) is 5.56 Å². The van der Waals surface area contributed by atoms with Crippen molar-refractivity contribution < 1.29 is 9.36 Å². The summed E-state index contributed by atoms with van der Waals surface area (Å²) in [6, 6.07) is 15.4. The van der Waals surface area contributed by atoms with Crippen LogP contribution in [0.4, 0.5) is 5.82 Å². The van der Waals surface area contributed by atoms with Crippen molar-refractivity contribution in [1.29, 1.82) is 0 Å². The van der Waals surface area contributed by atoms with Crippen LogP contribution in [0.3, 0.4) is 0 Å². The van der Waals surface area contributed by atoms with E-state index in [9.17, 15) is 4.79 Å². The predicted octanol–water partition coefficient (Wildman–Crippen LogP) is 2.64. The SMILES string of the molecule is Cc1ccc(C2Nc3cnc4ccccc4[n+]3C2=O)cc1. The molecular formula is C17H14N3O+. The fourth-order valence-electron chi connectivity index (χ4n) is 2.74. The Morgan fingerprint density at radius 1 is 1.10 bits per heavy atom. The zero-order chi connectivity index (χ0) is 14.4. The number of carbonyl (C=O) groups excluding carboxylic acids is 1. The summed E-state index contributed by atoms with van der Waals surface area (Å²) in [6.45, 7) is 2.04. The Morgan fingerprint density at radius 2 is 1.86 bits per heavy atom. The lowest BCUT2D eigenvalue weighted by molar-refractivity contribution is -0.524. The summed E-state index contributed by atoms with van der Waals surface area (Å²) in [5.41, 5.74) is 3.81. The van der Waals surface area contributed by atoms with Crippen LogP contribution in [-0.2, 0) is 0 Å². The molecule has 0 saturated heterocycles. The highest BCUT2D eigenvalue weighted by atomic mass is 16.2. The number of aromatic nitrogens is 2. The molecule has 2 aromatic carbocycles.